The Bertz CT molecular complexity index is 1020. The lowest BCUT2D eigenvalue weighted by Gasteiger charge is -2.14. The monoisotopic (exact) mass is 440 g/mol. The Morgan fingerprint density at radius 3 is 2.87 bits per heavy atom. The van der Waals surface area contributed by atoms with E-state index in [1.165, 1.54) is 18.4 Å². The van der Waals surface area contributed by atoms with Crippen LogP contribution < -0.4 is 9.64 Å². The van der Waals surface area contributed by atoms with Crippen LogP contribution in [0.15, 0.2) is 36.7 Å². The third-order valence-corrected chi connectivity index (χ3v) is 6.21. The first-order chi connectivity index (χ1) is 15.2. The van der Waals surface area contributed by atoms with E-state index < -0.39 is 6.10 Å². The van der Waals surface area contributed by atoms with Crippen molar-refractivity contribution in [2.24, 2.45) is 5.92 Å². The molecule has 0 saturated carbocycles. The van der Waals surface area contributed by atoms with Crippen LogP contribution in [0.2, 0.25) is 0 Å². The minimum absolute atomic E-state index is 0.0563. The van der Waals surface area contributed by atoms with Gasteiger partial charge in [0, 0.05) is 26.6 Å². The molecule has 3 heterocycles. The average Bonchev–Trinajstić information content (AvgIpc) is 3.45. The number of ether oxygens (including phenoxy) is 2. The molecule has 0 radical (unpaired) electrons. The van der Waals surface area contributed by atoms with Gasteiger partial charge >= 0.3 is 0 Å². The molecule has 0 N–H and O–H groups in total. The number of carbonyl (C=O) groups is 1. The number of hydrogen-bond acceptors (Lipinski definition) is 10. The van der Waals surface area contributed by atoms with E-state index in [9.17, 15) is 4.79 Å². The van der Waals surface area contributed by atoms with E-state index in [0.717, 1.165) is 36.5 Å². The zero-order valence-corrected chi connectivity index (χ0v) is 18.3. The van der Waals surface area contributed by atoms with Gasteiger partial charge in [0.2, 0.25) is 5.95 Å². The van der Waals surface area contributed by atoms with Crippen LogP contribution in [0.3, 0.4) is 0 Å². The summed E-state index contributed by atoms with van der Waals surface area (Å²) in [5, 5.41) is 18.2. The van der Waals surface area contributed by atoms with Crippen LogP contribution >= 0.6 is 11.3 Å². The van der Waals surface area contributed by atoms with Crippen LogP contribution in [0.1, 0.15) is 28.1 Å². The second kappa shape index (κ2) is 9.88. The van der Waals surface area contributed by atoms with Crippen molar-refractivity contribution in [2.75, 3.05) is 32.2 Å². The molecule has 31 heavy (non-hydrogen) atoms. The molecule has 2 aromatic heterocycles. The van der Waals surface area contributed by atoms with Crippen LogP contribution in [0.4, 0.5) is 5.95 Å². The molecule has 0 unspecified atom stereocenters. The van der Waals surface area contributed by atoms with E-state index in [0.29, 0.717) is 22.6 Å². The molecule has 0 amide bonds. The van der Waals surface area contributed by atoms with Gasteiger partial charge in [-0.25, -0.2) is 4.98 Å². The summed E-state index contributed by atoms with van der Waals surface area (Å²) in [4.78, 5) is 19.3. The normalized spacial score (nSPS) is 17.0. The maximum Gasteiger partial charge on any atom is 0.245 e. The minimum atomic E-state index is -0.662. The Balaban J connectivity index is 1.35. The number of rotatable bonds is 9. The zero-order chi connectivity index (χ0) is 21.6. The van der Waals surface area contributed by atoms with Crippen molar-refractivity contribution >= 4 is 23.1 Å². The fourth-order valence-corrected chi connectivity index (χ4v) is 4.72. The lowest BCUT2D eigenvalue weighted by molar-refractivity contribution is -0.128. The molecule has 4 rings (SSSR count). The second-order valence-corrected chi connectivity index (χ2v) is 8.52. The van der Waals surface area contributed by atoms with Gasteiger partial charge in [0.05, 0.1) is 25.9 Å². The highest BCUT2D eigenvalue weighted by Gasteiger charge is 2.27. The van der Waals surface area contributed by atoms with Crippen molar-refractivity contribution in [2.45, 2.75) is 25.4 Å². The predicted molar refractivity (Wildman–Crippen MR) is 115 cm³/mol. The maximum atomic E-state index is 12.8. The van der Waals surface area contributed by atoms with Crippen molar-refractivity contribution in [3.8, 4) is 5.75 Å². The lowest BCUT2D eigenvalue weighted by atomic mass is 10.0. The van der Waals surface area contributed by atoms with Gasteiger partial charge in [-0.15, -0.1) is 26.6 Å². The van der Waals surface area contributed by atoms with Crippen molar-refractivity contribution in [1.29, 1.82) is 0 Å². The molecule has 3 aromatic rings. The fourth-order valence-electron chi connectivity index (χ4n) is 3.76. The fraction of sp³-hybridized carbons (Fsp3) is 0.429. The Kier molecular flexibility index (Phi) is 6.78. The second-order valence-electron chi connectivity index (χ2n) is 7.37. The SMILES string of the molecule is COc1cccc([C@@H](OC)C(=O)Cc2nnc(C[C@@H]3CCN(c4nccnn4)C3)s2)c1. The molecule has 1 fully saturated rings. The molecule has 1 saturated heterocycles. The van der Waals surface area contributed by atoms with Crippen molar-refractivity contribution in [3.05, 3.63) is 52.2 Å². The van der Waals surface area contributed by atoms with E-state index in [2.05, 4.69) is 30.3 Å². The molecule has 9 nitrogen and oxygen atoms in total. The molecule has 10 heteroatoms. The van der Waals surface area contributed by atoms with Gasteiger partial charge in [-0.2, -0.15) is 5.10 Å². The summed E-state index contributed by atoms with van der Waals surface area (Å²) in [7, 11) is 3.13. The van der Waals surface area contributed by atoms with Crippen LogP contribution in [0, 0.1) is 5.92 Å². The summed E-state index contributed by atoms with van der Waals surface area (Å²) in [6.45, 7) is 1.76. The molecule has 0 bridgehead atoms. The van der Waals surface area contributed by atoms with Gasteiger partial charge in [-0.3, -0.25) is 4.79 Å². The number of Topliss-reactive ketones (excluding diaryl/α,β-unsaturated/α-hetero) is 1. The first kappa shape index (κ1) is 21.3. The number of hydrogen-bond donors (Lipinski definition) is 0. The Morgan fingerprint density at radius 1 is 1.23 bits per heavy atom. The van der Waals surface area contributed by atoms with Gasteiger partial charge in [0.25, 0.3) is 0 Å². The highest BCUT2D eigenvalue weighted by Crippen LogP contribution is 2.27. The van der Waals surface area contributed by atoms with Crippen LogP contribution in [-0.4, -0.2) is 58.5 Å². The number of aromatic nitrogens is 5. The maximum absolute atomic E-state index is 12.8. The van der Waals surface area contributed by atoms with E-state index in [1.54, 1.807) is 19.5 Å². The minimum Gasteiger partial charge on any atom is -0.497 e. The summed E-state index contributed by atoms with van der Waals surface area (Å²) >= 11 is 1.49. The summed E-state index contributed by atoms with van der Waals surface area (Å²) < 4.78 is 10.7. The van der Waals surface area contributed by atoms with Crippen LogP contribution in [-0.2, 0) is 22.4 Å². The molecule has 1 aliphatic heterocycles. The standard InChI is InChI=1S/C21H24N6O3S/c1-29-16-5-3-4-15(11-16)20(30-2)17(28)12-19-25-24-18(31-19)10-14-6-9-27(13-14)21-22-7-8-23-26-21/h3-5,7-8,11,14,20H,6,9-10,12-13H2,1-2H3/t14-,20+/m0/s1. The predicted octanol–water partition coefficient (Wildman–Crippen LogP) is 2.30. The summed E-state index contributed by atoms with van der Waals surface area (Å²) in [5.74, 6) is 1.74. The Morgan fingerprint density at radius 2 is 2.10 bits per heavy atom. The van der Waals surface area contributed by atoms with Gasteiger partial charge in [0.1, 0.15) is 21.9 Å². The summed E-state index contributed by atoms with van der Waals surface area (Å²) in [6.07, 6.45) is 4.62. The van der Waals surface area contributed by atoms with Crippen LogP contribution in [0.5, 0.6) is 5.75 Å². The number of ketones is 1. The van der Waals surface area contributed by atoms with Crippen molar-refractivity contribution < 1.29 is 14.3 Å². The largest absolute Gasteiger partial charge is 0.497 e. The number of carbonyl (C=O) groups excluding carboxylic acids is 1. The van der Waals surface area contributed by atoms with E-state index in [1.807, 2.05) is 24.3 Å². The smallest absolute Gasteiger partial charge is 0.245 e. The number of benzene rings is 1. The van der Waals surface area contributed by atoms with Crippen molar-refractivity contribution in [1.82, 2.24) is 25.4 Å². The van der Waals surface area contributed by atoms with Gasteiger partial charge in [-0.05, 0) is 30.0 Å². The Labute approximate surface area is 184 Å². The molecular formula is C21H24N6O3S. The summed E-state index contributed by atoms with van der Waals surface area (Å²) in [5.41, 5.74) is 0.764. The highest BCUT2D eigenvalue weighted by molar-refractivity contribution is 7.11. The Hall–Kier alpha value is -2.98. The zero-order valence-electron chi connectivity index (χ0n) is 17.5. The van der Waals surface area contributed by atoms with E-state index in [-0.39, 0.29) is 12.2 Å². The van der Waals surface area contributed by atoms with Gasteiger partial charge in [0.15, 0.2) is 5.78 Å². The molecular weight excluding hydrogens is 416 g/mol. The van der Waals surface area contributed by atoms with Gasteiger partial charge in [-0.1, -0.05) is 12.1 Å². The third kappa shape index (κ3) is 5.20. The number of nitrogens with zero attached hydrogens (tertiary/aromatic N) is 6. The third-order valence-electron chi connectivity index (χ3n) is 5.26. The first-order valence-corrected chi connectivity index (χ1v) is 10.9. The van der Waals surface area contributed by atoms with E-state index in [4.69, 9.17) is 9.47 Å². The topological polar surface area (TPSA) is 103 Å². The average molecular weight is 441 g/mol. The van der Waals surface area contributed by atoms with Crippen molar-refractivity contribution in [3.63, 3.8) is 0 Å². The lowest BCUT2D eigenvalue weighted by Crippen LogP contribution is -2.22. The molecule has 1 aromatic carbocycles. The van der Waals surface area contributed by atoms with E-state index >= 15 is 0 Å². The van der Waals surface area contributed by atoms with Gasteiger partial charge < -0.3 is 14.4 Å². The molecule has 162 valence electrons. The molecule has 0 aliphatic carbocycles. The number of methoxy groups -OCH3 is 2. The van der Waals surface area contributed by atoms with Crippen LogP contribution in [0.25, 0.3) is 0 Å². The molecule has 2 atom stereocenters. The first-order valence-electron chi connectivity index (χ1n) is 10.1. The molecule has 1 aliphatic rings. The summed E-state index contributed by atoms with van der Waals surface area (Å²) in [6, 6.07) is 7.35. The molecule has 0 spiro atoms. The quantitative estimate of drug-likeness (QED) is 0.496. The number of anilines is 1. The highest BCUT2D eigenvalue weighted by atomic mass is 32.1.